The number of rotatable bonds is 8. The Morgan fingerprint density at radius 1 is 0.780 bits per heavy atom. The number of sulfone groups is 2. The standard InChI is InChI=1S/C11H9F6N2O4S2.C8H12N3.C7H3F6N/c12-10(13,14)24(20,21)8-4-3-7-19(6-2-1-5-18)9(8)25(22,23)11(15,16)17;1-10-6-7-11(8-10)5-3-2-4-9;8-6(9,10)4-2-1-3-14-5(4)7(11,12)13/h3-4,7H,1-2,6H2;6-8H,2-3,5H2,1H3;1-3H/q2*+1;. The van der Waals surface area contributed by atoms with E-state index in [1.807, 2.05) is 30.3 Å². The quantitative estimate of drug-likeness (QED) is 0.165. The molecule has 0 saturated heterocycles. The van der Waals surface area contributed by atoms with E-state index in [0.29, 0.717) is 30.9 Å². The number of hydrogen-bond acceptors (Lipinski definition) is 7. The molecular formula is C26H24F12N6O4S2+2. The summed E-state index contributed by atoms with van der Waals surface area (Å²) >= 11 is 0. The van der Waals surface area contributed by atoms with E-state index in [9.17, 15) is 69.5 Å². The van der Waals surface area contributed by atoms with Gasteiger partial charge in [-0.25, -0.2) is 26.0 Å². The van der Waals surface area contributed by atoms with Gasteiger partial charge >= 0.3 is 38.2 Å². The molecule has 3 aromatic heterocycles. The number of aromatic nitrogens is 4. The Balaban J connectivity index is 0.000000418. The fourth-order valence-corrected chi connectivity index (χ4v) is 6.11. The maximum atomic E-state index is 12.8. The van der Waals surface area contributed by atoms with Gasteiger partial charge in [0.1, 0.15) is 12.4 Å². The molecule has 0 aromatic carbocycles. The minimum absolute atomic E-state index is 0.127. The van der Waals surface area contributed by atoms with Gasteiger partial charge in [-0.15, -0.1) is 0 Å². The fraction of sp³-hybridized carbons (Fsp3) is 0.423. The smallest absolute Gasteiger partial charge is 0.251 e. The summed E-state index contributed by atoms with van der Waals surface area (Å²) in [5.74, 6) is 0. The number of alkyl halides is 12. The highest BCUT2D eigenvalue weighted by molar-refractivity contribution is 7.95. The number of pyridine rings is 2. The lowest BCUT2D eigenvalue weighted by atomic mass is 10.2. The van der Waals surface area contributed by atoms with Crippen molar-refractivity contribution in [1.29, 1.82) is 10.5 Å². The molecule has 3 aromatic rings. The molecule has 0 aliphatic heterocycles. The molecule has 50 heavy (non-hydrogen) atoms. The van der Waals surface area contributed by atoms with E-state index < -0.39 is 70.8 Å². The largest absolute Gasteiger partial charge is 0.507 e. The Labute approximate surface area is 276 Å². The minimum Gasteiger partial charge on any atom is -0.251 e. The molecule has 0 fully saturated rings. The van der Waals surface area contributed by atoms with E-state index in [1.165, 1.54) is 0 Å². The average Bonchev–Trinajstić information content (AvgIpc) is 3.40. The first-order valence-corrected chi connectivity index (χ1v) is 16.2. The Morgan fingerprint density at radius 3 is 1.78 bits per heavy atom. The lowest BCUT2D eigenvalue weighted by Crippen LogP contribution is -2.45. The van der Waals surface area contributed by atoms with Gasteiger partial charge in [-0.2, -0.15) is 67.8 Å². The third-order valence-electron chi connectivity index (χ3n) is 5.74. The van der Waals surface area contributed by atoms with Crippen molar-refractivity contribution in [3.63, 3.8) is 0 Å². The van der Waals surface area contributed by atoms with Crippen LogP contribution in [0.25, 0.3) is 0 Å². The van der Waals surface area contributed by atoms with E-state index >= 15 is 0 Å². The van der Waals surface area contributed by atoms with Crippen LogP contribution < -0.4 is 9.13 Å². The molecule has 0 spiro atoms. The van der Waals surface area contributed by atoms with Crippen molar-refractivity contribution < 1.29 is 78.7 Å². The number of nitrogens with zero attached hydrogens (tertiary/aromatic N) is 6. The van der Waals surface area contributed by atoms with Gasteiger partial charge in [0.25, 0.3) is 9.84 Å². The molecule has 0 atom stereocenters. The topological polar surface area (TPSA) is 141 Å². The van der Waals surface area contributed by atoms with E-state index in [0.717, 1.165) is 19.0 Å². The predicted octanol–water partition coefficient (Wildman–Crippen LogP) is 5.60. The average molecular weight is 777 g/mol. The Hall–Kier alpha value is -4.45. The molecule has 3 rings (SSSR count). The second-order valence-corrected chi connectivity index (χ2v) is 13.3. The maximum Gasteiger partial charge on any atom is 0.507 e. The SMILES string of the molecule is C[n+]1ccn(CCCC#N)c1.FC(F)(F)c1cccnc1C(F)(F)F.N#CCCC[n+]1cccc(S(=O)(=O)C(F)(F)F)c1S(=O)(=O)C(F)(F)F. The van der Waals surface area contributed by atoms with Crippen molar-refractivity contribution >= 4 is 19.7 Å². The fourth-order valence-electron chi connectivity index (χ4n) is 3.58. The summed E-state index contributed by atoms with van der Waals surface area (Å²) in [6, 6.07) is 5.68. The number of halogens is 12. The van der Waals surface area contributed by atoms with Crippen LogP contribution in [-0.2, 0) is 52.2 Å². The Bertz CT molecular complexity index is 1860. The van der Waals surface area contributed by atoms with Crippen LogP contribution in [0.3, 0.4) is 0 Å². The summed E-state index contributed by atoms with van der Waals surface area (Å²) in [5.41, 5.74) is -15.7. The van der Waals surface area contributed by atoms with Crippen LogP contribution in [-0.4, -0.2) is 37.4 Å². The first-order valence-electron chi connectivity index (χ1n) is 13.2. The number of hydrogen-bond donors (Lipinski definition) is 0. The third-order valence-corrected chi connectivity index (χ3v) is 8.96. The second kappa shape index (κ2) is 17.0. The van der Waals surface area contributed by atoms with Gasteiger partial charge in [0, 0.05) is 31.5 Å². The van der Waals surface area contributed by atoms with Crippen molar-refractivity contribution in [1.82, 2.24) is 9.55 Å². The highest BCUT2D eigenvalue weighted by Crippen LogP contribution is 2.39. The Morgan fingerprint density at radius 2 is 1.34 bits per heavy atom. The molecule has 0 saturated carbocycles. The van der Waals surface area contributed by atoms with Crippen LogP contribution in [0.2, 0.25) is 0 Å². The number of aryl methyl sites for hydroxylation is 3. The zero-order valence-corrected chi connectivity index (χ0v) is 26.7. The zero-order valence-electron chi connectivity index (χ0n) is 25.1. The molecule has 276 valence electrons. The van der Waals surface area contributed by atoms with E-state index in [-0.39, 0.29) is 23.5 Å². The molecule has 0 bridgehead atoms. The number of imidazole rings is 1. The molecule has 0 radical (unpaired) electrons. The molecule has 0 aliphatic rings. The predicted molar refractivity (Wildman–Crippen MR) is 143 cm³/mol. The van der Waals surface area contributed by atoms with Crippen molar-refractivity contribution in [2.24, 2.45) is 7.05 Å². The first kappa shape index (κ1) is 43.6. The monoisotopic (exact) mass is 776 g/mol. The van der Waals surface area contributed by atoms with Gasteiger partial charge < -0.3 is 0 Å². The summed E-state index contributed by atoms with van der Waals surface area (Å²) in [4.78, 5) is 0.641. The third kappa shape index (κ3) is 11.9. The van der Waals surface area contributed by atoms with Crippen LogP contribution in [0.5, 0.6) is 0 Å². The first-order chi connectivity index (χ1) is 22.7. The van der Waals surface area contributed by atoms with Gasteiger partial charge in [0.2, 0.25) is 6.33 Å². The van der Waals surface area contributed by atoms with Crippen LogP contribution in [0.4, 0.5) is 52.7 Å². The molecule has 0 aliphatic carbocycles. The van der Waals surface area contributed by atoms with Gasteiger partial charge in [0.15, 0.2) is 23.3 Å². The van der Waals surface area contributed by atoms with Crippen LogP contribution in [0, 0.1) is 22.7 Å². The van der Waals surface area contributed by atoms with Crippen molar-refractivity contribution in [2.75, 3.05) is 0 Å². The second-order valence-electron chi connectivity index (χ2n) is 9.50. The zero-order chi connectivity index (χ0) is 38.8. The van der Waals surface area contributed by atoms with Gasteiger partial charge in [0.05, 0.1) is 31.3 Å². The van der Waals surface area contributed by atoms with Crippen molar-refractivity contribution in [3.05, 3.63) is 66.6 Å². The lowest BCUT2D eigenvalue weighted by molar-refractivity contribution is -0.736. The molecular weight excluding hydrogens is 752 g/mol. The highest BCUT2D eigenvalue weighted by atomic mass is 32.2. The molecule has 24 heteroatoms. The molecule has 3 heterocycles. The van der Waals surface area contributed by atoms with E-state index in [2.05, 4.69) is 15.6 Å². The van der Waals surface area contributed by atoms with E-state index in [1.54, 1.807) is 6.07 Å². The summed E-state index contributed by atoms with van der Waals surface area (Å²) in [5, 5.41) is 14.6. The van der Waals surface area contributed by atoms with Crippen molar-refractivity contribution in [2.45, 2.75) is 72.1 Å². The summed E-state index contributed by atoms with van der Waals surface area (Å²) < 4.78 is 199. The van der Waals surface area contributed by atoms with Crippen molar-refractivity contribution in [3.8, 4) is 12.1 Å². The van der Waals surface area contributed by atoms with Crippen LogP contribution >= 0.6 is 0 Å². The van der Waals surface area contributed by atoms with Gasteiger partial charge in [-0.05, 0) is 24.6 Å². The van der Waals surface area contributed by atoms with Crippen LogP contribution in [0.1, 0.15) is 36.9 Å². The molecule has 10 nitrogen and oxygen atoms in total. The maximum absolute atomic E-state index is 12.8. The van der Waals surface area contributed by atoms with Crippen LogP contribution in [0.15, 0.2) is 65.3 Å². The minimum atomic E-state index is -6.42. The Kier molecular flexibility index (Phi) is 14.8. The lowest BCUT2D eigenvalue weighted by Gasteiger charge is -2.13. The number of nitriles is 2. The highest BCUT2D eigenvalue weighted by Gasteiger charge is 2.58. The molecule has 0 N–H and O–H groups in total. The summed E-state index contributed by atoms with van der Waals surface area (Å²) in [6.45, 7) is 0.327. The molecule has 0 unspecified atom stereocenters. The van der Waals surface area contributed by atoms with E-state index in [4.69, 9.17) is 10.5 Å². The normalized spacial score (nSPS) is 12.5. The number of unbranched alkanes of at least 4 members (excludes halogenated alkanes) is 2. The summed E-state index contributed by atoms with van der Waals surface area (Å²) in [7, 11) is -10.8. The van der Waals surface area contributed by atoms with Gasteiger partial charge in [-0.1, -0.05) is 0 Å². The summed E-state index contributed by atoms with van der Waals surface area (Å²) in [6.07, 6.45) is -1.64. The van der Waals surface area contributed by atoms with Gasteiger partial charge in [-0.3, -0.25) is 4.98 Å². The molecule has 0 amide bonds.